The highest BCUT2D eigenvalue weighted by molar-refractivity contribution is 5.92. The van der Waals surface area contributed by atoms with Gasteiger partial charge in [-0.3, -0.25) is 9.69 Å². The minimum atomic E-state index is -4.79. The van der Waals surface area contributed by atoms with Gasteiger partial charge in [0.15, 0.2) is 0 Å². The lowest BCUT2D eigenvalue weighted by Gasteiger charge is -2.41. The van der Waals surface area contributed by atoms with E-state index in [4.69, 9.17) is 0 Å². The van der Waals surface area contributed by atoms with Crippen molar-refractivity contribution < 1.29 is 17.9 Å². The van der Waals surface area contributed by atoms with E-state index in [1.165, 1.54) is 22.8 Å². The quantitative estimate of drug-likeness (QED) is 0.563. The Labute approximate surface area is 199 Å². The van der Waals surface area contributed by atoms with Crippen molar-refractivity contribution in [2.45, 2.75) is 25.9 Å². The molecule has 0 unspecified atom stereocenters. The number of benzene rings is 1. The summed E-state index contributed by atoms with van der Waals surface area (Å²) >= 11 is 0. The Bertz CT molecular complexity index is 1420. The second kappa shape index (κ2) is 9.28. The molecule has 1 atom stereocenters. The molecular formula is C24H21F3N6O2. The van der Waals surface area contributed by atoms with E-state index < -0.39 is 11.9 Å². The normalized spacial score (nSPS) is 16.7. The first-order valence-corrected chi connectivity index (χ1v) is 10.8. The minimum Gasteiger partial charge on any atom is -0.405 e. The first-order valence-electron chi connectivity index (χ1n) is 10.8. The number of para-hydroxylation sites is 1. The average molecular weight is 482 g/mol. The van der Waals surface area contributed by atoms with E-state index in [0.29, 0.717) is 41.9 Å². The molecular weight excluding hydrogens is 461 g/mol. The highest BCUT2D eigenvalue weighted by atomic mass is 19.4. The average Bonchev–Trinajstić information content (AvgIpc) is 2.82. The molecule has 0 spiro atoms. The third-order valence-corrected chi connectivity index (χ3v) is 6.09. The van der Waals surface area contributed by atoms with E-state index >= 15 is 0 Å². The third kappa shape index (κ3) is 4.77. The van der Waals surface area contributed by atoms with E-state index in [0.717, 1.165) is 0 Å². The van der Waals surface area contributed by atoms with Gasteiger partial charge in [0.1, 0.15) is 34.7 Å². The van der Waals surface area contributed by atoms with Crippen molar-refractivity contribution in [3.63, 3.8) is 0 Å². The van der Waals surface area contributed by atoms with Crippen LogP contribution < -0.4 is 15.2 Å². The molecule has 8 nitrogen and oxygen atoms in total. The molecule has 0 N–H and O–H groups in total. The maximum Gasteiger partial charge on any atom is 0.573 e. The fraction of sp³-hybridized carbons (Fsp3) is 0.333. The summed E-state index contributed by atoms with van der Waals surface area (Å²) in [5, 5.41) is 19.1. The highest BCUT2D eigenvalue weighted by Gasteiger charge is 2.33. The zero-order valence-corrected chi connectivity index (χ0v) is 19.0. The Morgan fingerprint density at radius 3 is 2.54 bits per heavy atom. The lowest BCUT2D eigenvalue weighted by molar-refractivity contribution is -0.275. The summed E-state index contributed by atoms with van der Waals surface area (Å²) in [7, 11) is 1.55. The van der Waals surface area contributed by atoms with Crippen LogP contribution in [0, 0.1) is 22.7 Å². The summed E-state index contributed by atoms with van der Waals surface area (Å²) in [6.07, 6.45) is -4.79. The minimum absolute atomic E-state index is 0.0628. The number of halogens is 3. The molecule has 1 aromatic carbocycles. The predicted octanol–water partition coefficient (Wildman–Crippen LogP) is 3.29. The van der Waals surface area contributed by atoms with Gasteiger partial charge in [0, 0.05) is 44.8 Å². The molecule has 0 bridgehead atoms. The predicted molar refractivity (Wildman–Crippen MR) is 122 cm³/mol. The van der Waals surface area contributed by atoms with Gasteiger partial charge in [-0.25, -0.2) is 4.98 Å². The van der Waals surface area contributed by atoms with Gasteiger partial charge in [-0.2, -0.15) is 10.5 Å². The van der Waals surface area contributed by atoms with Crippen LogP contribution in [0.15, 0.2) is 41.2 Å². The standard InChI is InChI=1S/C24H21F3N6O2/c1-15-13-33(10-9-32(15)14-16-5-3-4-6-20(16)35-24(25,26)27)22-18(12-29)23(34)31(2)19-8-7-17(11-28)30-21(19)22/h3-8,15H,9-10,13-14H2,1-2H3/t15-/m1/s1. The monoisotopic (exact) mass is 482 g/mol. The fourth-order valence-corrected chi connectivity index (χ4v) is 4.38. The van der Waals surface area contributed by atoms with Crippen LogP contribution in [0.2, 0.25) is 0 Å². The van der Waals surface area contributed by atoms with Crippen LogP contribution in [0.1, 0.15) is 23.7 Å². The number of pyridine rings is 2. The van der Waals surface area contributed by atoms with Crippen molar-refractivity contribution in [3.05, 3.63) is 63.6 Å². The first-order chi connectivity index (χ1) is 16.6. The number of hydrogen-bond donors (Lipinski definition) is 0. The van der Waals surface area contributed by atoms with Crippen LogP contribution in [0.3, 0.4) is 0 Å². The largest absolute Gasteiger partial charge is 0.573 e. The van der Waals surface area contributed by atoms with Gasteiger partial charge in [0.25, 0.3) is 5.56 Å². The van der Waals surface area contributed by atoms with E-state index in [2.05, 4.69) is 9.72 Å². The van der Waals surface area contributed by atoms with Gasteiger partial charge in [0.2, 0.25) is 0 Å². The summed E-state index contributed by atoms with van der Waals surface area (Å²) in [4.78, 5) is 21.2. The number of alkyl halides is 3. The number of ether oxygens (including phenoxy) is 1. The van der Waals surface area contributed by atoms with Crippen LogP contribution in [-0.2, 0) is 13.6 Å². The molecule has 1 aliphatic heterocycles. The Morgan fingerprint density at radius 2 is 1.89 bits per heavy atom. The maximum atomic E-state index is 12.9. The van der Waals surface area contributed by atoms with Crippen LogP contribution in [0.5, 0.6) is 5.75 Å². The zero-order valence-electron chi connectivity index (χ0n) is 19.0. The lowest BCUT2D eigenvalue weighted by atomic mass is 10.1. The van der Waals surface area contributed by atoms with Gasteiger partial charge < -0.3 is 14.2 Å². The molecule has 11 heteroatoms. The smallest absolute Gasteiger partial charge is 0.405 e. The van der Waals surface area contributed by atoms with Crippen molar-refractivity contribution in [1.82, 2.24) is 14.5 Å². The fourth-order valence-electron chi connectivity index (χ4n) is 4.38. The first kappa shape index (κ1) is 24.0. The van der Waals surface area contributed by atoms with Crippen LogP contribution in [0.25, 0.3) is 11.0 Å². The van der Waals surface area contributed by atoms with Gasteiger partial charge in [-0.1, -0.05) is 18.2 Å². The SMILES string of the molecule is C[C@@H]1CN(c2c(C#N)c(=O)n(C)c3ccc(C#N)nc23)CCN1Cc1ccccc1OC(F)(F)F. The zero-order chi connectivity index (χ0) is 25.3. The number of rotatable bonds is 4. The van der Waals surface area contributed by atoms with Crippen molar-refractivity contribution >= 4 is 16.7 Å². The number of piperazine rings is 1. The van der Waals surface area contributed by atoms with E-state index in [1.54, 1.807) is 25.2 Å². The highest BCUT2D eigenvalue weighted by Crippen LogP contribution is 2.31. The molecule has 0 radical (unpaired) electrons. The van der Waals surface area contributed by atoms with Gasteiger partial charge in [-0.05, 0) is 25.1 Å². The molecule has 1 saturated heterocycles. The second-order valence-corrected chi connectivity index (χ2v) is 8.30. The van der Waals surface area contributed by atoms with Crippen LogP contribution in [-0.4, -0.2) is 46.5 Å². The van der Waals surface area contributed by atoms with Gasteiger partial charge in [0.05, 0.1) is 11.2 Å². The Morgan fingerprint density at radius 1 is 1.14 bits per heavy atom. The van der Waals surface area contributed by atoms with Crippen LogP contribution >= 0.6 is 0 Å². The summed E-state index contributed by atoms with van der Waals surface area (Å²) in [6.45, 7) is 3.42. The molecule has 0 saturated carbocycles. The number of aromatic nitrogens is 2. The number of hydrogen-bond acceptors (Lipinski definition) is 7. The molecule has 0 aliphatic carbocycles. The molecule has 3 heterocycles. The lowest BCUT2D eigenvalue weighted by Crippen LogP contribution is -2.52. The Hall–Kier alpha value is -4.09. The third-order valence-electron chi connectivity index (χ3n) is 6.09. The second-order valence-electron chi connectivity index (χ2n) is 8.30. The van der Waals surface area contributed by atoms with Gasteiger partial charge in [-0.15, -0.1) is 13.2 Å². The maximum absolute atomic E-state index is 12.9. The topological polar surface area (TPSA) is 98.2 Å². The van der Waals surface area contributed by atoms with E-state index in [1.807, 2.05) is 28.9 Å². The van der Waals surface area contributed by atoms with Crippen LogP contribution in [0.4, 0.5) is 18.9 Å². The Balaban J connectivity index is 1.66. The molecule has 180 valence electrons. The molecule has 2 aromatic heterocycles. The number of aryl methyl sites for hydroxylation is 1. The molecule has 3 aromatic rings. The summed E-state index contributed by atoms with van der Waals surface area (Å²) in [5.74, 6) is -0.243. The molecule has 1 aliphatic rings. The summed E-state index contributed by atoms with van der Waals surface area (Å²) < 4.78 is 43.9. The van der Waals surface area contributed by atoms with Crippen molar-refractivity contribution in [1.29, 1.82) is 10.5 Å². The number of fused-ring (bicyclic) bond motifs is 1. The van der Waals surface area contributed by atoms with E-state index in [-0.39, 0.29) is 29.6 Å². The molecule has 4 rings (SSSR count). The Kier molecular flexibility index (Phi) is 6.37. The molecule has 1 fully saturated rings. The number of anilines is 1. The van der Waals surface area contributed by atoms with Crippen molar-refractivity contribution in [2.75, 3.05) is 24.5 Å². The summed E-state index contributed by atoms with van der Waals surface area (Å²) in [6, 6.07) is 13.0. The molecule has 0 amide bonds. The number of nitriles is 2. The summed E-state index contributed by atoms with van der Waals surface area (Å²) in [5.41, 5.74) is 1.29. The van der Waals surface area contributed by atoms with Crippen molar-refractivity contribution in [2.24, 2.45) is 7.05 Å². The van der Waals surface area contributed by atoms with Gasteiger partial charge >= 0.3 is 6.36 Å². The van der Waals surface area contributed by atoms with E-state index in [9.17, 15) is 28.5 Å². The molecule has 35 heavy (non-hydrogen) atoms. The number of nitrogens with zero attached hydrogens (tertiary/aromatic N) is 6. The van der Waals surface area contributed by atoms with Crippen molar-refractivity contribution in [3.8, 4) is 17.9 Å².